The molecule has 0 radical (unpaired) electrons. The number of pyridine rings is 1. The van der Waals surface area contributed by atoms with E-state index in [1.54, 1.807) is 16.8 Å². The highest BCUT2D eigenvalue weighted by Gasteiger charge is 2.12. The molecule has 1 saturated carbocycles. The number of aryl methyl sites for hydroxylation is 1. The van der Waals surface area contributed by atoms with Crippen LogP contribution in [0.25, 0.3) is 6.08 Å². The number of allylic oxidation sites excluding steroid dienone is 1. The number of rotatable bonds is 3. The van der Waals surface area contributed by atoms with Crippen molar-refractivity contribution in [3.63, 3.8) is 0 Å². The van der Waals surface area contributed by atoms with Crippen LogP contribution in [-0.4, -0.2) is 16.5 Å². The van der Waals surface area contributed by atoms with Gasteiger partial charge < -0.3 is 4.42 Å². The van der Waals surface area contributed by atoms with Crippen LogP contribution in [0.3, 0.4) is 0 Å². The van der Waals surface area contributed by atoms with Crippen LogP contribution in [0, 0.1) is 6.92 Å². The summed E-state index contributed by atoms with van der Waals surface area (Å²) in [5, 5.41) is 0. The zero-order valence-corrected chi connectivity index (χ0v) is 13.4. The second-order valence-corrected chi connectivity index (χ2v) is 5.97. The molecule has 0 aromatic carbocycles. The van der Waals surface area contributed by atoms with Crippen molar-refractivity contribution in [3.05, 3.63) is 59.6 Å². The van der Waals surface area contributed by atoms with Gasteiger partial charge in [0.15, 0.2) is 0 Å². The van der Waals surface area contributed by atoms with Crippen LogP contribution in [-0.2, 0) is 0 Å². The molecular formula is C19H22N2O2. The predicted octanol–water partition coefficient (Wildman–Crippen LogP) is 3.98. The molecule has 4 nitrogen and oxygen atoms in total. The van der Waals surface area contributed by atoms with E-state index in [9.17, 15) is 4.79 Å². The largest absolute Gasteiger partial charge is 0.462 e. The Morgan fingerprint density at radius 2 is 2.04 bits per heavy atom. The maximum absolute atomic E-state index is 12.5. The summed E-state index contributed by atoms with van der Waals surface area (Å²) in [5.41, 5.74) is 0.727. The molecule has 0 bridgehead atoms. The summed E-state index contributed by atoms with van der Waals surface area (Å²) in [6, 6.07) is 9.73. The number of hydrogen-bond donors (Lipinski definition) is 0. The SMILES string of the molecule is Cc1ccc(/C=C/C(=O)n2ccccc2=NC2CCCCC2)o1. The van der Waals surface area contributed by atoms with Gasteiger partial charge >= 0.3 is 0 Å². The molecule has 120 valence electrons. The van der Waals surface area contributed by atoms with Gasteiger partial charge in [0.2, 0.25) is 0 Å². The summed E-state index contributed by atoms with van der Waals surface area (Å²) in [5.74, 6) is 1.39. The zero-order chi connectivity index (χ0) is 16.1. The number of aromatic nitrogens is 1. The highest BCUT2D eigenvalue weighted by atomic mass is 16.3. The number of carbonyl (C=O) groups excluding carboxylic acids is 1. The molecule has 3 rings (SSSR count). The van der Waals surface area contributed by atoms with Crippen LogP contribution >= 0.6 is 0 Å². The fourth-order valence-corrected chi connectivity index (χ4v) is 2.90. The zero-order valence-electron chi connectivity index (χ0n) is 13.4. The fourth-order valence-electron chi connectivity index (χ4n) is 2.90. The third-order valence-corrected chi connectivity index (χ3v) is 4.12. The second kappa shape index (κ2) is 7.27. The van der Waals surface area contributed by atoms with Gasteiger partial charge in [-0.05, 0) is 50.1 Å². The first-order valence-corrected chi connectivity index (χ1v) is 8.23. The van der Waals surface area contributed by atoms with Crippen molar-refractivity contribution in [1.29, 1.82) is 0 Å². The third-order valence-electron chi connectivity index (χ3n) is 4.12. The van der Waals surface area contributed by atoms with E-state index in [1.165, 1.54) is 25.3 Å². The number of carbonyl (C=O) groups is 1. The quantitative estimate of drug-likeness (QED) is 0.805. The number of nitrogens with zero attached hydrogens (tertiary/aromatic N) is 2. The second-order valence-electron chi connectivity index (χ2n) is 5.97. The minimum Gasteiger partial charge on any atom is -0.462 e. The summed E-state index contributed by atoms with van der Waals surface area (Å²) in [6.07, 6.45) is 11.0. The van der Waals surface area contributed by atoms with E-state index in [0.29, 0.717) is 11.8 Å². The van der Waals surface area contributed by atoms with Crippen LogP contribution in [0.1, 0.15) is 48.4 Å². The van der Waals surface area contributed by atoms with E-state index in [4.69, 9.17) is 9.41 Å². The lowest BCUT2D eigenvalue weighted by atomic mass is 9.96. The van der Waals surface area contributed by atoms with Gasteiger partial charge in [0.1, 0.15) is 17.0 Å². The molecule has 0 unspecified atom stereocenters. The Labute approximate surface area is 136 Å². The van der Waals surface area contributed by atoms with Crippen LogP contribution < -0.4 is 5.49 Å². The molecule has 0 saturated heterocycles. The summed E-state index contributed by atoms with van der Waals surface area (Å²) >= 11 is 0. The highest BCUT2D eigenvalue weighted by Crippen LogP contribution is 2.19. The molecule has 4 heteroatoms. The van der Waals surface area contributed by atoms with E-state index >= 15 is 0 Å². The maximum Gasteiger partial charge on any atom is 0.256 e. The molecule has 0 spiro atoms. The highest BCUT2D eigenvalue weighted by molar-refractivity contribution is 5.93. The lowest BCUT2D eigenvalue weighted by Gasteiger charge is -2.17. The van der Waals surface area contributed by atoms with E-state index in [2.05, 4.69) is 0 Å². The standard InChI is InChI=1S/C19H22N2O2/c1-15-10-11-17(23-15)12-13-19(22)21-14-6-5-9-18(21)20-16-7-3-2-4-8-16/h5-6,9-14,16H,2-4,7-8H2,1H3/b13-12+,20-18?. The number of hydrogen-bond acceptors (Lipinski definition) is 3. The summed E-state index contributed by atoms with van der Waals surface area (Å²) < 4.78 is 7.05. The Kier molecular flexibility index (Phi) is 4.91. The molecule has 23 heavy (non-hydrogen) atoms. The van der Waals surface area contributed by atoms with Gasteiger partial charge in [-0.25, -0.2) is 0 Å². The molecule has 2 aromatic heterocycles. The Morgan fingerprint density at radius 3 is 2.78 bits per heavy atom. The Balaban J connectivity index is 1.83. The van der Waals surface area contributed by atoms with Crippen LogP contribution in [0.2, 0.25) is 0 Å². The van der Waals surface area contributed by atoms with E-state index in [0.717, 1.165) is 24.1 Å². The normalized spacial score (nSPS) is 17.0. The monoisotopic (exact) mass is 310 g/mol. The van der Waals surface area contributed by atoms with Gasteiger partial charge in [-0.2, -0.15) is 0 Å². The molecule has 2 heterocycles. The minimum atomic E-state index is -0.116. The topological polar surface area (TPSA) is 47.5 Å². The van der Waals surface area contributed by atoms with Gasteiger partial charge in [0, 0.05) is 12.3 Å². The van der Waals surface area contributed by atoms with Crippen molar-refractivity contribution >= 4 is 12.0 Å². The first-order valence-electron chi connectivity index (χ1n) is 8.23. The lowest BCUT2D eigenvalue weighted by Crippen LogP contribution is -2.27. The van der Waals surface area contributed by atoms with Crippen molar-refractivity contribution in [1.82, 2.24) is 4.57 Å². The minimum absolute atomic E-state index is 0.116. The lowest BCUT2D eigenvalue weighted by molar-refractivity contribution is 0.0964. The Hall–Kier alpha value is -2.36. The smallest absolute Gasteiger partial charge is 0.256 e. The molecule has 2 aromatic rings. The van der Waals surface area contributed by atoms with Crippen molar-refractivity contribution in [3.8, 4) is 0 Å². The Bertz CT molecular complexity index is 761. The Morgan fingerprint density at radius 1 is 1.22 bits per heavy atom. The molecule has 0 atom stereocenters. The van der Waals surface area contributed by atoms with Crippen LogP contribution in [0.15, 0.2) is 52.0 Å². The molecule has 1 aliphatic carbocycles. The summed E-state index contributed by atoms with van der Waals surface area (Å²) in [6.45, 7) is 1.88. The average Bonchev–Trinajstić information content (AvgIpc) is 3.00. The predicted molar refractivity (Wildman–Crippen MR) is 90.0 cm³/mol. The maximum atomic E-state index is 12.5. The van der Waals surface area contributed by atoms with Gasteiger partial charge in [-0.3, -0.25) is 14.4 Å². The van der Waals surface area contributed by atoms with Gasteiger partial charge in [0.25, 0.3) is 5.91 Å². The van der Waals surface area contributed by atoms with E-state index in [-0.39, 0.29) is 5.91 Å². The first kappa shape index (κ1) is 15.5. The van der Waals surface area contributed by atoms with E-state index < -0.39 is 0 Å². The molecular weight excluding hydrogens is 288 g/mol. The molecule has 0 N–H and O–H groups in total. The molecule has 1 fully saturated rings. The van der Waals surface area contributed by atoms with Gasteiger partial charge in [-0.15, -0.1) is 0 Å². The first-order chi connectivity index (χ1) is 11.2. The average molecular weight is 310 g/mol. The van der Waals surface area contributed by atoms with E-state index in [1.807, 2.05) is 37.3 Å². The summed E-state index contributed by atoms with van der Waals surface area (Å²) in [4.78, 5) is 17.2. The molecule has 1 aliphatic rings. The van der Waals surface area contributed by atoms with Gasteiger partial charge in [0.05, 0.1) is 6.04 Å². The molecule has 0 amide bonds. The van der Waals surface area contributed by atoms with Gasteiger partial charge in [-0.1, -0.05) is 25.3 Å². The number of furan rings is 1. The van der Waals surface area contributed by atoms with Crippen molar-refractivity contribution < 1.29 is 9.21 Å². The van der Waals surface area contributed by atoms with Crippen molar-refractivity contribution in [2.75, 3.05) is 0 Å². The van der Waals surface area contributed by atoms with Crippen LogP contribution in [0.4, 0.5) is 0 Å². The van der Waals surface area contributed by atoms with Crippen molar-refractivity contribution in [2.24, 2.45) is 4.99 Å². The van der Waals surface area contributed by atoms with Crippen molar-refractivity contribution in [2.45, 2.75) is 45.1 Å². The van der Waals surface area contributed by atoms with Crippen LogP contribution in [0.5, 0.6) is 0 Å². The molecule has 0 aliphatic heterocycles. The fraction of sp³-hybridized carbons (Fsp3) is 0.368. The third kappa shape index (κ3) is 4.09. The summed E-state index contributed by atoms with van der Waals surface area (Å²) in [7, 11) is 0.